The number of aryl methyl sites for hydroxylation is 2. The number of thiazole rings is 1. The molecule has 1 aliphatic rings. The van der Waals surface area contributed by atoms with E-state index in [1.165, 1.54) is 30.5 Å². The van der Waals surface area contributed by atoms with Crippen molar-refractivity contribution in [2.75, 3.05) is 6.54 Å². The van der Waals surface area contributed by atoms with Crippen molar-refractivity contribution in [1.82, 2.24) is 10.3 Å². The lowest BCUT2D eigenvalue weighted by Crippen LogP contribution is -2.24. The van der Waals surface area contributed by atoms with Crippen molar-refractivity contribution in [1.29, 1.82) is 0 Å². The molecule has 1 aromatic carbocycles. The van der Waals surface area contributed by atoms with Gasteiger partial charge in [-0.2, -0.15) is 0 Å². The van der Waals surface area contributed by atoms with E-state index < -0.39 is 0 Å². The van der Waals surface area contributed by atoms with Crippen LogP contribution in [0.1, 0.15) is 48.2 Å². The lowest BCUT2D eigenvalue weighted by molar-refractivity contribution is 0.520. The van der Waals surface area contributed by atoms with Gasteiger partial charge in [-0.05, 0) is 55.3 Å². The summed E-state index contributed by atoms with van der Waals surface area (Å²) in [6, 6.07) is 7.39. The second-order valence-corrected chi connectivity index (χ2v) is 6.30. The highest BCUT2D eigenvalue weighted by atomic mass is 32.1. The van der Waals surface area contributed by atoms with Crippen molar-refractivity contribution in [3.8, 4) is 0 Å². The van der Waals surface area contributed by atoms with Crippen LogP contribution in [0.4, 0.5) is 0 Å². The molecule has 20 heavy (non-hydrogen) atoms. The first-order valence-electron chi connectivity index (χ1n) is 7.59. The van der Waals surface area contributed by atoms with Crippen LogP contribution in [0.3, 0.4) is 0 Å². The highest BCUT2D eigenvalue weighted by molar-refractivity contribution is 7.07. The SMILES string of the molecule is CCCNC(Cc1ccc2c(c1)CCC2)c1cscn1. The molecule has 3 heteroatoms. The van der Waals surface area contributed by atoms with Crippen molar-refractivity contribution >= 4 is 11.3 Å². The molecule has 1 aromatic heterocycles. The lowest BCUT2D eigenvalue weighted by Gasteiger charge is -2.17. The lowest BCUT2D eigenvalue weighted by atomic mass is 9.99. The maximum absolute atomic E-state index is 4.49. The fraction of sp³-hybridized carbons (Fsp3) is 0.471. The Labute approximate surface area is 125 Å². The first-order valence-corrected chi connectivity index (χ1v) is 8.53. The Morgan fingerprint density at radius 1 is 1.30 bits per heavy atom. The van der Waals surface area contributed by atoms with E-state index in [4.69, 9.17) is 0 Å². The minimum absolute atomic E-state index is 0.348. The van der Waals surface area contributed by atoms with E-state index >= 15 is 0 Å². The van der Waals surface area contributed by atoms with Gasteiger partial charge >= 0.3 is 0 Å². The third-order valence-corrected chi connectivity index (χ3v) is 4.66. The van der Waals surface area contributed by atoms with Gasteiger partial charge in [0.25, 0.3) is 0 Å². The second kappa shape index (κ2) is 6.51. The molecule has 1 unspecified atom stereocenters. The van der Waals surface area contributed by atoms with E-state index in [-0.39, 0.29) is 0 Å². The Bertz CT molecular complexity index is 548. The summed E-state index contributed by atoms with van der Waals surface area (Å²) in [6.07, 6.45) is 6.04. The Kier molecular flexibility index (Phi) is 4.48. The number of fused-ring (bicyclic) bond motifs is 1. The first kappa shape index (κ1) is 13.8. The summed E-state index contributed by atoms with van der Waals surface area (Å²) >= 11 is 1.68. The molecule has 1 atom stereocenters. The Balaban J connectivity index is 1.75. The van der Waals surface area contributed by atoms with E-state index in [9.17, 15) is 0 Å². The molecular formula is C17H22N2S. The predicted molar refractivity (Wildman–Crippen MR) is 85.3 cm³/mol. The van der Waals surface area contributed by atoms with Crippen molar-refractivity contribution in [2.24, 2.45) is 0 Å². The fourth-order valence-corrected chi connectivity index (χ4v) is 3.59. The molecule has 0 amide bonds. The van der Waals surface area contributed by atoms with Crippen LogP contribution in [0.15, 0.2) is 29.1 Å². The molecule has 106 valence electrons. The molecule has 1 aliphatic carbocycles. The molecule has 0 aliphatic heterocycles. The maximum Gasteiger partial charge on any atom is 0.0795 e. The van der Waals surface area contributed by atoms with Crippen LogP contribution in [0.25, 0.3) is 0 Å². The van der Waals surface area contributed by atoms with E-state index in [0.29, 0.717) is 6.04 Å². The van der Waals surface area contributed by atoms with E-state index in [1.54, 1.807) is 22.5 Å². The zero-order chi connectivity index (χ0) is 13.8. The van der Waals surface area contributed by atoms with Gasteiger partial charge in [0.15, 0.2) is 0 Å². The predicted octanol–water partition coefficient (Wildman–Crippen LogP) is 3.92. The van der Waals surface area contributed by atoms with Crippen LogP contribution in [-0.4, -0.2) is 11.5 Å². The molecule has 0 saturated heterocycles. The largest absolute Gasteiger partial charge is 0.308 e. The summed E-state index contributed by atoms with van der Waals surface area (Å²) in [4.78, 5) is 4.49. The molecule has 2 nitrogen and oxygen atoms in total. The molecule has 0 fully saturated rings. The quantitative estimate of drug-likeness (QED) is 0.870. The Morgan fingerprint density at radius 3 is 3.00 bits per heavy atom. The van der Waals surface area contributed by atoms with Gasteiger partial charge < -0.3 is 5.32 Å². The fourth-order valence-electron chi connectivity index (χ4n) is 2.98. The smallest absolute Gasteiger partial charge is 0.0795 e. The van der Waals surface area contributed by atoms with Gasteiger partial charge in [-0.25, -0.2) is 4.98 Å². The number of hydrogen-bond donors (Lipinski definition) is 1. The molecular weight excluding hydrogens is 264 g/mol. The summed E-state index contributed by atoms with van der Waals surface area (Å²) < 4.78 is 0. The van der Waals surface area contributed by atoms with Crippen LogP contribution in [0, 0.1) is 0 Å². The summed E-state index contributed by atoms with van der Waals surface area (Å²) in [6.45, 7) is 3.26. The summed E-state index contributed by atoms with van der Waals surface area (Å²) in [7, 11) is 0. The van der Waals surface area contributed by atoms with Crippen molar-refractivity contribution < 1.29 is 0 Å². The van der Waals surface area contributed by atoms with Crippen LogP contribution < -0.4 is 5.32 Å². The number of rotatable bonds is 6. The molecule has 0 spiro atoms. The molecule has 3 rings (SSSR count). The van der Waals surface area contributed by atoms with Crippen molar-refractivity contribution in [3.63, 3.8) is 0 Å². The van der Waals surface area contributed by atoms with Crippen LogP contribution in [-0.2, 0) is 19.3 Å². The van der Waals surface area contributed by atoms with E-state index in [0.717, 1.165) is 19.4 Å². The Morgan fingerprint density at radius 2 is 2.20 bits per heavy atom. The zero-order valence-electron chi connectivity index (χ0n) is 12.1. The van der Waals surface area contributed by atoms with Crippen molar-refractivity contribution in [3.05, 3.63) is 51.5 Å². The highest BCUT2D eigenvalue weighted by Crippen LogP contribution is 2.25. The Hall–Kier alpha value is -1.19. The average Bonchev–Trinajstić information content (AvgIpc) is 3.13. The standard InChI is InChI=1S/C17H22N2S/c1-2-8-18-16(17-11-20-12-19-17)10-13-6-7-14-4-3-5-15(14)9-13/h6-7,9,11-12,16,18H,2-5,8,10H2,1H3. The normalized spacial score (nSPS) is 15.2. The van der Waals surface area contributed by atoms with Crippen LogP contribution in [0.2, 0.25) is 0 Å². The number of hydrogen-bond acceptors (Lipinski definition) is 3. The number of nitrogens with one attached hydrogen (secondary N) is 1. The number of nitrogens with zero attached hydrogens (tertiary/aromatic N) is 1. The minimum atomic E-state index is 0.348. The molecule has 0 bridgehead atoms. The molecule has 0 saturated carbocycles. The molecule has 0 radical (unpaired) electrons. The molecule has 1 heterocycles. The van der Waals surface area contributed by atoms with E-state index in [1.807, 2.05) is 5.51 Å². The molecule has 2 aromatic rings. The number of aromatic nitrogens is 1. The average molecular weight is 286 g/mol. The van der Waals surface area contributed by atoms with Gasteiger partial charge in [0, 0.05) is 5.38 Å². The summed E-state index contributed by atoms with van der Waals surface area (Å²) in [5.74, 6) is 0. The monoisotopic (exact) mass is 286 g/mol. The highest BCUT2D eigenvalue weighted by Gasteiger charge is 2.16. The summed E-state index contributed by atoms with van der Waals surface area (Å²) in [5, 5.41) is 5.80. The second-order valence-electron chi connectivity index (χ2n) is 5.58. The maximum atomic E-state index is 4.49. The minimum Gasteiger partial charge on any atom is -0.308 e. The zero-order valence-corrected chi connectivity index (χ0v) is 12.9. The van der Waals surface area contributed by atoms with Gasteiger partial charge in [0.2, 0.25) is 0 Å². The van der Waals surface area contributed by atoms with Gasteiger partial charge in [0.1, 0.15) is 0 Å². The summed E-state index contributed by atoms with van der Waals surface area (Å²) in [5.41, 5.74) is 7.67. The van der Waals surface area contributed by atoms with Gasteiger partial charge in [-0.15, -0.1) is 11.3 Å². The van der Waals surface area contributed by atoms with Crippen LogP contribution >= 0.6 is 11.3 Å². The van der Waals surface area contributed by atoms with Gasteiger partial charge in [-0.3, -0.25) is 0 Å². The van der Waals surface area contributed by atoms with Crippen molar-refractivity contribution in [2.45, 2.75) is 45.1 Å². The topological polar surface area (TPSA) is 24.9 Å². The number of benzene rings is 1. The van der Waals surface area contributed by atoms with Crippen LogP contribution in [0.5, 0.6) is 0 Å². The van der Waals surface area contributed by atoms with Gasteiger partial charge in [-0.1, -0.05) is 25.1 Å². The third kappa shape index (κ3) is 3.10. The third-order valence-electron chi connectivity index (χ3n) is 4.05. The van der Waals surface area contributed by atoms with E-state index in [2.05, 4.69) is 40.8 Å². The van der Waals surface area contributed by atoms with Gasteiger partial charge in [0.05, 0.1) is 17.2 Å². The first-order chi connectivity index (χ1) is 9.86. The molecule has 1 N–H and O–H groups in total.